The standard InChI is InChI=1S/C12H20N2/c1-9-3-5-13-11(7-9)12-8-10(2)4-6-14-12/h3,7,10,12-14H,4-6,8H2,1-2H3. The molecule has 0 bridgehead atoms. The number of hydrogen-bond donors (Lipinski definition) is 2. The van der Waals surface area contributed by atoms with Crippen LogP contribution in [0.25, 0.3) is 0 Å². The molecule has 2 aliphatic rings. The maximum Gasteiger partial charge on any atom is 0.0472 e. The van der Waals surface area contributed by atoms with Crippen molar-refractivity contribution in [3.05, 3.63) is 23.4 Å². The van der Waals surface area contributed by atoms with E-state index >= 15 is 0 Å². The van der Waals surface area contributed by atoms with Crippen LogP contribution in [-0.2, 0) is 0 Å². The van der Waals surface area contributed by atoms with Crippen LogP contribution in [0.15, 0.2) is 23.4 Å². The Hall–Kier alpha value is -0.760. The van der Waals surface area contributed by atoms with E-state index in [4.69, 9.17) is 0 Å². The fourth-order valence-corrected chi connectivity index (χ4v) is 2.25. The molecule has 2 unspecified atom stereocenters. The Balaban J connectivity index is 2.03. The fraction of sp³-hybridized carbons (Fsp3) is 0.667. The molecule has 2 rings (SSSR count). The number of piperidine rings is 1. The van der Waals surface area contributed by atoms with Gasteiger partial charge in [-0.3, -0.25) is 0 Å². The Morgan fingerprint density at radius 3 is 3.00 bits per heavy atom. The summed E-state index contributed by atoms with van der Waals surface area (Å²) < 4.78 is 0. The monoisotopic (exact) mass is 192 g/mol. The molecule has 2 atom stereocenters. The first-order valence-electron chi connectivity index (χ1n) is 5.61. The topological polar surface area (TPSA) is 24.1 Å². The van der Waals surface area contributed by atoms with Gasteiger partial charge in [0.05, 0.1) is 0 Å². The SMILES string of the molecule is CC1=CCNC(C2CC(C)CCN2)=C1. The van der Waals surface area contributed by atoms with Crippen LogP contribution in [0.3, 0.4) is 0 Å². The third kappa shape index (κ3) is 2.18. The zero-order chi connectivity index (χ0) is 9.97. The van der Waals surface area contributed by atoms with Crippen LogP contribution in [-0.4, -0.2) is 19.1 Å². The quantitative estimate of drug-likeness (QED) is 0.662. The van der Waals surface area contributed by atoms with Crippen LogP contribution in [0.2, 0.25) is 0 Å². The van der Waals surface area contributed by atoms with Gasteiger partial charge >= 0.3 is 0 Å². The average Bonchev–Trinajstić information content (AvgIpc) is 2.18. The molecule has 2 nitrogen and oxygen atoms in total. The molecule has 0 aromatic rings. The second-order valence-corrected chi connectivity index (χ2v) is 4.56. The Labute approximate surface area is 86.5 Å². The molecule has 14 heavy (non-hydrogen) atoms. The van der Waals surface area contributed by atoms with Gasteiger partial charge in [-0.2, -0.15) is 0 Å². The van der Waals surface area contributed by atoms with Crippen molar-refractivity contribution < 1.29 is 0 Å². The predicted molar refractivity (Wildman–Crippen MR) is 60.0 cm³/mol. The van der Waals surface area contributed by atoms with Crippen LogP contribution in [0.1, 0.15) is 26.7 Å². The zero-order valence-corrected chi connectivity index (χ0v) is 9.14. The van der Waals surface area contributed by atoms with Crippen molar-refractivity contribution >= 4 is 0 Å². The lowest BCUT2D eigenvalue weighted by Gasteiger charge is -2.31. The van der Waals surface area contributed by atoms with E-state index in [0.29, 0.717) is 6.04 Å². The van der Waals surface area contributed by atoms with E-state index in [-0.39, 0.29) is 0 Å². The predicted octanol–water partition coefficient (Wildman–Crippen LogP) is 1.81. The molecule has 1 fully saturated rings. The highest BCUT2D eigenvalue weighted by molar-refractivity contribution is 5.28. The average molecular weight is 192 g/mol. The summed E-state index contributed by atoms with van der Waals surface area (Å²) in [4.78, 5) is 0. The van der Waals surface area contributed by atoms with Crippen molar-refractivity contribution in [2.75, 3.05) is 13.1 Å². The molecule has 1 saturated heterocycles. The van der Waals surface area contributed by atoms with Gasteiger partial charge in [-0.1, -0.05) is 18.6 Å². The highest BCUT2D eigenvalue weighted by Crippen LogP contribution is 2.20. The number of rotatable bonds is 1. The van der Waals surface area contributed by atoms with Crippen LogP contribution < -0.4 is 10.6 Å². The van der Waals surface area contributed by atoms with Crippen molar-refractivity contribution in [3.63, 3.8) is 0 Å². The van der Waals surface area contributed by atoms with Crippen LogP contribution in [0, 0.1) is 5.92 Å². The molecule has 0 aromatic carbocycles. The molecule has 0 spiro atoms. The minimum Gasteiger partial charge on any atom is -0.384 e. The summed E-state index contributed by atoms with van der Waals surface area (Å²) in [5.41, 5.74) is 2.77. The van der Waals surface area contributed by atoms with Gasteiger partial charge in [-0.05, 0) is 38.3 Å². The molecule has 0 saturated carbocycles. The zero-order valence-electron chi connectivity index (χ0n) is 9.14. The van der Waals surface area contributed by atoms with Gasteiger partial charge < -0.3 is 10.6 Å². The largest absolute Gasteiger partial charge is 0.384 e. The maximum absolute atomic E-state index is 3.58. The fourth-order valence-electron chi connectivity index (χ4n) is 2.25. The maximum atomic E-state index is 3.58. The van der Waals surface area contributed by atoms with Gasteiger partial charge in [0.2, 0.25) is 0 Å². The summed E-state index contributed by atoms with van der Waals surface area (Å²) in [6, 6.07) is 0.558. The summed E-state index contributed by atoms with van der Waals surface area (Å²) in [5, 5.41) is 7.04. The van der Waals surface area contributed by atoms with Gasteiger partial charge in [0.1, 0.15) is 0 Å². The van der Waals surface area contributed by atoms with Crippen molar-refractivity contribution in [3.8, 4) is 0 Å². The highest BCUT2D eigenvalue weighted by atomic mass is 15.0. The summed E-state index contributed by atoms with van der Waals surface area (Å²) in [5.74, 6) is 0.857. The number of hydrogen-bond acceptors (Lipinski definition) is 2. The van der Waals surface area contributed by atoms with E-state index in [0.717, 1.165) is 19.0 Å². The van der Waals surface area contributed by atoms with Crippen LogP contribution in [0.4, 0.5) is 0 Å². The Kier molecular flexibility index (Phi) is 2.92. The normalized spacial score (nSPS) is 33.0. The minimum absolute atomic E-state index is 0.558. The molecular formula is C12H20N2. The summed E-state index contributed by atoms with van der Waals surface area (Å²) in [6.07, 6.45) is 7.10. The third-order valence-electron chi connectivity index (χ3n) is 3.15. The van der Waals surface area contributed by atoms with E-state index in [1.165, 1.54) is 24.1 Å². The lowest BCUT2D eigenvalue weighted by atomic mass is 9.91. The van der Waals surface area contributed by atoms with Gasteiger partial charge in [-0.25, -0.2) is 0 Å². The molecule has 2 heteroatoms. The minimum atomic E-state index is 0.558. The molecule has 2 heterocycles. The van der Waals surface area contributed by atoms with E-state index in [1.54, 1.807) is 0 Å². The number of dihydropyridines is 1. The first-order valence-corrected chi connectivity index (χ1v) is 5.61. The third-order valence-corrected chi connectivity index (χ3v) is 3.15. The van der Waals surface area contributed by atoms with Crippen molar-refractivity contribution in [2.45, 2.75) is 32.7 Å². The smallest absolute Gasteiger partial charge is 0.0472 e. The molecule has 0 radical (unpaired) electrons. The lowest BCUT2D eigenvalue weighted by Crippen LogP contribution is -2.43. The number of allylic oxidation sites excluding steroid dienone is 2. The van der Waals surface area contributed by atoms with Gasteiger partial charge in [0, 0.05) is 18.3 Å². The summed E-state index contributed by atoms with van der Waals surface area (Å²) >= 11 is 0. The molecule has 0 aromatic heterocycles. The first kappa shape index (κ1) is 9.78. The van der Waals surface area contributed by atoms with E-state index < -0.39 is 0 Å². The molecule has 78 valence electrons. The van der Waals surface area contributed by atoms with Gasteiger partial charge in [-0.15, -0.1) is 0 Å². The van der Waals surface area contributed by atoms with Crippen molar-refractivity contribution in [1.82, 2.24) is 10.6 Å². The van der Waals surface area contributed by atoms with Crippen LogP contribution >= 0.6 is 0 Å². The highest BCUT2D eigenvalue weighted by Gasteiger charge is 2.21. The van der Waals surface area contributed by atoms with E-state index in [1.807, 2.05) is 0 Å². The first-order chi connectivity index (χ1) is 6.75. The van der Waals surface area contributed by atoms with Crippen molar-refractivity contribution in [1.29, 1.82) is 0 Å². The van der Waals surface area contributed by atoms with Gasteiger partial charge in [0.15, 0.2) is 0 Å². The Morgan fingerprint density at radius 1 is 1.43 bits per heavy atom. The summed E-state index contributed by atoms with van der Waals surface area (Å²) in [7, 11) is 0. The second-order valence-electron chi connectivity index (χ2n) is 4.56. The lowest BCUT2D eigenvalue weighted by molar-refractivity contribution is 0.338. The molecule has 2 N–H and O–H groups in total. The van der Waals surface area contributed by atoms with Crippen LogP contribution in [0.5, 0.6) is 0 Å². The van der Waals surface area contributed by atoms with E-state index in [2.05, 4.69) is 36.6 Å². The summed E-state index contributed by atoms with van der Waals surface area (Å²) in [6.45, 7) is 6.67. The second kappa shape index (κ2) is 4.18. The molecule has 2 aliphatic heterocycles. The van der Waals surface area contributed by atoms with Gasteiger partial charge in [0.25, 0.3) is 0 Å². The van der Waals surface area contributed by atoms with E-state index in [9.17, 15) is 0 Å². The molecule has 0 aliphatic carbocycles. The molecule has 0 amide bonds. The Bertz CT molecular complexity index is 265. The molecular weight excluding hydrogens is 172 g/mol. The number of nitrogens with one attached hydrogen (secondary N) is 2. The Morgan fingerprint density at radius 2 is 2.29 bits per heavy atom. The van der Waals surface area contributed by atoms with Crippen molar-refractivity contribution in [2.24, 2.45) is 5.92 Å².